The van der Waals surface area contributed by atoms with Gasteiger partial charge in [0.05, 0.1) is 11.0 Å². The minimum atomic E-state index is 0.854. The zero-order valence-corrected chi connectivity index (χ0v) is 11.2. The monoisotopic (exact) mass is 257 g/mol. The summed E-state index contributed by atoms with van der Waals surface area (Å²) in [5.41, 5.74) is 2.26. The minimum Gasteiger partial charge on any atom is -0.356 e. The van der Waals surface area contributed by atoms with Crippen LogP contribution in [0.2, 0.25) is 0 Å². The molecule has 5 heteroatoms. The molecule has 0 bridgehead atoms. The van der Waals surface area contributed by atoms with Crippen molar-refractivity contribution < 1.29 is 0 Å². The Kier molecular flexibility index (Phi) is 3.35. The second-order valence-corrected chi connectivity index (χ2v) is 4.74. The fourth-order valence-corrected chi connectivity index (χ4v) is 2.42. The summed E-state index contributed by atoms with van der Waals surface area (Å²) < 4.78 is 2.24. The number of aliphatic imine (C=N–C) groups is 1. The number of para-hydroxylation sites is 2. The Hall–Kier alpha value is -2.04. The van der Waals surface area contributed by atoms with Gasteiger partial charge in [-0.2, -0.15) is 0 Å². The van der Waals surface area contributed by atoms with Crippen LogP contribution in [0.1, 0.15) is 12.2 Å². The molecule has 0 saturated carbocycles. The summed E-state index contributed by atoms with van der Waals surface area (Å²) in [6.07, 6.45) is 1.12. The lowest BCUT2D eigenvalue weighted by atomic mass is 10.3. The van der Waals surface area contributed by atoms with Crippen LogP contribution in [0.25, 0.3) is 11.0 Å². The van der Waals surface area contributed by atoms with Crippen LogP contribution < -0.4 is 10.6 Å². The van der Waals surface area contributed by atoms with E-state index in [2.05, 4.69) is 50.3 Å². The molecule has 0 amide bonds. The van der Waals surface area contributed by atoms with E-state index in [-0.39, 0.29) is 0 Å². The van der Waals surface area contributed by atoms with Crippen LogP contribution in [0.4, 0.5) is 0 Å². The zero-order chi connectivity index (χ0) is 13.1. The van der Waals surface area contributed by atoms with Crippen molar-refractivity contribution in [3.05, 3.63) is 30.1 Å². The lowest BCUT2D eigenvalue weighted by Gasteiger charge is -2.16. The van der Waals surface area contributed by atoms with Crippen molar-refractivity contribution in [2.45, 2.75) is 19.9 Å². The summed E-state index contributed by atoms with van der Waals surface area (Å²) in [6, 6.07) is 8.25. The predicted octanol–water partition coefficient (Wildman–Crippen LogP) is 1.28. The van der Waals surface area contributed by atoms with E-state index in [0.717, 1.165) is 49.9 Å². The van der Waals surface area contributed by atoms with Crippen molar-refractivity contribution in [2.24, 2.45) is 4.99 Å². The first-order valence-corrected chi connectivity index (χ1v) is 6.78. The standard InChI is InChI=1S/C14H19N5/c1-11-18-12-5-2-3-6-13(12)19(11)10-9-17-14-15-7-4-8-16-14/h2-3,5-6H,4,7-10H2,1H3,(H2,15,16,17). The number of rotatable bonds is 3. The maximum atomic E-state index is 4.57. The highest BCUT2D eigenvalue weighted by Gasteiger charge is 2.07. The molecule has 2 aromatic rings. The van der Waals surface area contributed by atoms with Gasteiger partial charge in [-0.25, -0.2) is 4.98 Å². The van der Waals surface area contributed by atoms with E-state index < -0.39 is 0 Å². The van der Waals surface area contributed by atoms with Crippen LogP contribution in [0.5, 0.6) is 0 Å². The Bertz CT molecular complexity index is 599. The smallest absolute Gasteiger partial charge is 0.191 e. The molecule has 1 aliphatic rings. The van der Waals surface area contributed by atoms with Crippen LogP contribution in [0, 0.1) is 6.92 Å². The fourth-order valence-electron chi connectivity index (χ4n) is 2.42. The Morgan fingerprint density at radius 1 is 1.37 bits per heavy atom. The van der Waals surface area contributed by atoms with Gasteiger partial charge in [0.1, 0.15) is 5.82 Å². The molecule has 100 valence electrons. The highest BCUT2D eigenvalue weighted by atomic mass is 15.2. The number of guanidine groups is 1. The number of fused-ring (bicyclic) bond motifs is 1. The van der Waals surface area contributed by atoms with Crippen LogP contribution in [0.3, 0.4) is 0 Å². The van der Waals surface area contributed by atoms with E-state index in [1.165, 1.54) is 5.52 Å². The molecule has 0 atom stereocenters. The third-order valence-electron chi connectivity index (χ3n) is 3.37. The van der Waals surface area contributed by atoms with Crippen LogP contribution in [0.15, 0.2) is 29.3 Å². The average molecular weight is 257 g/mol. The van der Waals surface area contributed by atoms with Gasteiger partial charge in [0, 0.05) is 26.2 Å². The predicted molar refractivity (Wildman–Crippen MR) is 77.4 cm³/mol. The van der Waals surface area contributed by atoms with Crippen molar-refractivity contribution in [3.8, 4) is 0 Å². The topological polar surface area (TPSA) is 54.2 Å². The van der Waals surface area contributed by atoms with Gasteiger partial charge in [0.25, 0.3) is 0 Å². The first-order valence-electron chi connectivity index (χ1n) is 6.78. The second-order valence-electron chi connectivity index (χ2n) is 4.74. The van der Waals surface area contributed by atoms with Crippen molar-refractivity contribution >= 4 is 17.0 Å². The summed E-state index contributed by atoms with van der Waals surface area (Å²) in [7, 11) is 0. The molecule has 1 aromatic carbocycles. The molecule has 2 heterocycles. The SMILES string of the molecule is Cc1nc2ccccc2n1CCNC1=NCCCN1. The van der Waals surface area contributed by atoms with E-state index in [0.29, 0.717) is 0 Å². The normalized spacial score (nSPS) is 15.1. The maximum absolute atomic E-state index is 4.57. The lowest BCUT2D eigenvalue weighted by molar-refractivity contribution is 0.643. The van der Waals surface area contributed by atoms with E-state index in [9.17, 15) is 0 Å². The summed E-state index contributed by atoms with van der Waals surface area (Å²) in [5, 5.41) is 6.61. The first kappa shape index (κ1) is 12.0. The molecule has 0 radical (unpaired) electrons. The van der Waals surface area contributed by atoms with Gasteiger partial charge < -0.3 is 15.2 Å². The van der Waals surface area contributed by atoms with Gasteiger partial charge in [-0.05, 0) is 25.5 Å². The third kappa shape index (κ3) is 2.54. The Morgan fingerprint density at radius 3 is 3.11 bits per heavy atom. The molecule has 19 heavy (non-hydrogen) atoms. The van der Waals surface area contributed by atoms with Crippen LogP contribution in [-0.4, -0.2) is 35.1 Å². The van der Waals surface area contributed by atoms with Gasteiger partial charge in [-0.1, -0.05) is 12.1 Å². The minimum absolute atomic E-state index is 0.854. The molecule has 1 aliphatic heterocycles. The molecular formula is C14H19N5. The fraction of sp³-hybridized carbons (Fsp3) is 0.429. The van der Waals surface area contributed by atoms with Crippen molar-refractivity contribution in [2.75, 3.05) is 19.6 Å². The second kappa shape index (κ2) is 5.30. The number of hydrogen-bond donors (Lipinski definition) is 2. The van der Waals surface area contributed by atoms with Crippen molar-refractivity contribution in [1.82, 2.24) is 20.2 Å². The summed E-state index contributed by atoms with van der Waals surface area (Å²) in [6.45, 7) is 5.73. The van der Waals surface area contributed by atoms with Crippen molar-refractivity contribution in [3.63, 3.8) is 0 Å². The number of imidazole rings is 1. The molecule has 0 aliphatic carbocycles. The number of benzene rings is 1. The van der Waals surface area contributed by atoms with E-state index in [1.807, 2.05) is 6.07 Å². The quantitative estimate of drug-likeness (QED) is 0.871. The van der Waals surface area contributed by atoms with Gasteiger partial charge in [-0.15, -0.1) is 0 Å². The number of nitrogens with one attached hydrogen (secondary N) is 2. The molecule has 0 unspecified atom stereocenters. The molecule has 2 N–H and O–H groups in total. The zero-order valence-electron chi connectivity index (χ0n) is 11.2. The summed E-state index contributed by atoms with van der Waals surface area (Å²) in [5.74, 6) is 1.98. The number of nitrogens with zero attached hydrogens (tertiary/aromatic N) is 3. The third-order valence-corrected chi connectivity index (χ3v) is 3.37. The Morgan fingerprint density at radius 2 is 2.26 bits per heavy atom. The highest BCUT2D eigenvalue weighted by Crippen LogP contribution is 2.14. The lowest BCUT2D eigenvalue weighted by Crippen LogP contribution is -2.41. The number of aromatic nitrogens is 2. The molecule has 5 nitrogen and oxygen atoms in total. The number of hydrogen-bond acceptors (Lipinski definition) is 4. The van der Waals surface area contributed by atoms with Crippen LogP contribution >= 0.6 is 0 Å². The first-order chi connectivity index (χ1) is 9.34. The Labute approximate surface area is 112 Å². The molecular weight excluding hydrogens is 238 g/mol. The Balaban J connectivity index is 1.68. The van der Waals surface area contributed by atoms with Crippen molar-refractivity contribution in [1.29, 1.82) is 0 Å². The highest BCUT2D eigenvalue weighted by molar-refractivity contribution is 5.80. The maximum Gasteiger partial charge on any atom is 0.191 e. The largest absolute Gasteiger partial charge is 0.356 e. The van der Waals surface area contributed by atoms with Gasteiger partial charge in [0.15, 0.2) is 5.96 Å². The van der Waals surface area contributed by atoms with Gasteiger partial charge >= 0.3 is 0 Å². The van der Waals surface area contributed by atoms with E-state index in [1.54, 1.807) is 0 Å². The summed E-state index contributed by atoms with van der Waals surface area (Å²) in [4.78, 5) is 8.97. The molecule has 0 fully saturated rings. The average Bonchev–Trinajstić information content (AvgIpc) is 2.76. The molecule has 1 aromatic heterocycles. The molecule has 0 saturated heterocycles. The molecule has 3 rings (SSSR count). The van der Waals surface area contributed by atoms with E-state index in [4.69, 9.17) is 0 Å². The number of aryl methyl sites for hydroxylation is 1. The van der Waals surface area contributed by atoms with E-state index >= 15 is 0 Å². The van der Waals surface area contributed by atoms with Crippen LogP contribution in [-0.2, 0) is 6.54 Å². The molecule has 0 spiro atoms. The van der Waals surface area contributed by atoms with Gasteiger partial charge in [0.2, 0.25) is 0 Å². The van der Waals surface area contributed by atoms with Gasteiger partial charge in [-0.3, -0.25) is 4.99 Å². The summed E-state index contributed by atoms with van der Waals surface area (Å²) >= 11 is 0.